The summed E-state index contributed by atoms with van der Waals surface area (Å²) in [6.45, 7) is 6.95. The van der Waals surface area contributed by atoms with E-state index in [0.29, 0.717) is 5.41 Å². The molecule has 2 aliphatic heterocycles. The van der Waals surface area contributed by atoms with Crippen LogP contribution in [-0.2, 0) is 13.6 Å². The van der Waals surface area contributed by atoms with Crippen LogP contribution < -0.4 is 5.32 Å². The Morgan fingerprint density at radius 1 is 1.15 bits per heavy atom. The van der Waals surface area contributed by atoms with Crippen molar-refractivity contribution in [2.75, 3.05) is 31.5 Å². The highest BCUT2D eigenvalue weighted by Gasteiger charge is 2.41. The Bertz CT molecular complexity index is 792. The van der Waals surface area contributed by atoms with Crippen molar-refractivity contribution in [3.05, 3.63) is 47.7 Å². The van der Waals surface area contributed by atoms with Crippen molar-refractivity contribution in [2.45, 2.75) is 32.7 Å². The number of rotatable bonds is 3. The third-order valence-corrected chi connectivity index (χ3v) is 6.11. The first-order chi connectivity index (χ1) is 13.0. The summed E-state index contributed by atoms with van der Waals surface area (Å²) in [7, 11) is 1.85. The molecule has 27 heavy (non-hydrogen) atoms. The number of urea groups is 1. The maximum Gasteiger partial charge on any atom is 0.322 e. The summed E-state index contributed by atoms with van der Waals surface area (Å²) in [5, 5.41) is 7.29. The quantitative estimate of drug-likeness (QED) is 0.906. The van der Waals surface area contributed by atoms with E-state index in [1.54, 1.807) is 4.68 Å². The first kappa shape index (κ1) is 18.0. The highest BCUT2D eigenvalue weighted by atomic mass is 16.2. The van der Waals surface area contributed by atoms with Crippen LogP contribution in [0.1, 0.15) is 30.5 Å². The van der Waals surface area contributed by atoms with Crippen LogP contribution >= 0.6 is 0 Å². The van der Waals surface area contributed by atoms with Crippen molar-refractivity contribution in [3.8, 4) is 0 Å². The molecule has 2 aromatic rings. The van der Waals surface area contributed by atoms with E-state index < -0.39 is 0 Å². The van der Waals surface area contributed by atoms with Gasteiger partial charge in [-0.15, -0.1) is 0 Å². The summed E-state index contributed by atoms with van der Waals surface area (Å²) in [6.07, 6.45) is 3.43. The molecule has 3 heterocycles. The number of nitrogens with one attached hydrogen (secondary N) is 1. The van der Waals surface area contributed by atoms with E-state index in [1.165, 1.54) is 12.0 Å². The van der Waals surface area contributed by atoms with Crippen molar-refractivity contribution in [2.24, 2.45) is 12.5 Å². The van der Waals surface area contributed by atoms with Gasteiger partial charge in [0.05, 0.1) is 5.69 Å². The molecule has 0 saturated carbocycles. The Kier molecular flexibility index (Phi) is 4.91. The lowest BCUT2D eigenvalue weighted by Crippen LogP contribution is -2.46. The predicted molar refractivity (Wildman–Crippen MR) is 107 cm³/mol. The molecule has 0 atom stereocenters. The summed E-state index contributed by atoms with van der Waals surface area (Å²) in [5.41, 5.74) is 2.68. The summed E-state index contributed by atoms with van der Waals surface area (Å²) < 4.78 is 1.72. The predicted octanol–water partition coefficient (Wildman–Crippen LogP) is 3.25. The minimum atomic E-state index is -0.00742. The first-order valence-electron chi connectivity index (χ1n) is 9.86. The molecule has 0 bridgehead atoms. The largest absolute Gasteiger partial charge is 0.324 e. The van der Waals surface area contributed by atoms with Crippen LogP contribution in [0, 0.1) is 12.3 Å². The molecule has 1 aromatic heterocycles. The van der Waals surface area contributed by atoms with E-state index >= 15 is 0 Å². The number of benzene rings is 1. The van der Waals surface area contributed by atoms with Crippen molar-refractivity contribution in [1.29, 1.82) is 0 Å². The number of aryl methyl sites for hydroxylation is 2. The van der Waals surface area contributed by atoms with Gasteiger partial charge in [0.15, 0.2) is 0 Å². The number of nitrogens with zero attached hydrogens (tertiary/aromatic N) is 4. The normalized spacial score (nSPS) is 19.6. The van der Waals surface area contributed by atoms with Crippen molar-refractivity contribution in [3.63, 3.8) is 0 Å². The molecule has 2 aliphatic rings. The second kappa shape index (κ2) is 7.35. The van der Waals surface area contributed by atoms with E-state index in [0.717, 1.165) is 57.1 Å². The lowest BCUT2D eigenvalue weighted by Gasteiger charge is -2.39. The van der Waals surface area contributed by atoms with Gasteiger partial charge in [-0.3, -0.25) is 14.9 Å². The third kappa shape index (κ3) is 4.00. The second-order valence-corrected chi connectivity index (χ2v) is 8.16. The van der Waals surface area contributed by atoms with Crippen molar-refractivity contribution < 1.29 is 4.79 Å². The number of piperidine rings is 1. The molecule has 6 heteroatoms. The number of amides is 2. The summed E-state index contributed by atoms with van der Waals surface area (Å²) >= 11 is 0. The molecule has 2 saturated heterocycles. The smallest absolute Gasteiger partial charge is 0.322 e. The Morgan fingerprint density at radius 3 is 2.52 bits per heavy atom. The Labute approximate surface area is 161 Å². The molecule has 1 aromatic carbocycles. The molecule has 144 valence electrons. The number of hydrogen-bond acceptors (Lipinski definition) is 3. The highest BCUT2D eigenvalue weighted by Crippen LogP contribution is 2.40. The number of hydrogen-bond donors (Lipinski definition) is 1. The van der Waals surface area contributed by atoms with Gasteiger partial charge in [-0.2, -0.15) is 5.10 Å². The molecule has 0 aliphatic carbocycles. The Morgan fingerprint density at radius 2 is 1.85 bits per heavy atom. The fraction of sp³-hybridized carbons (Fsp3) is 0.524. The van der Waals surface area contributed by atoms with Gasteiger partial charge in [0.25, 0.3) is 0 Å². The fourth-order valence-corrected chi connectivity index (χ4v) is 4.51. The number of carbonyl (C=O) groups is 1. The molecule has 4 rings (SSSR count). The monoisotopic (exact) mass is 367 g/mol. The topological polar surface area (TPSA) is 53.4 Å². The van der Waals surface area contributed by atoms with Crippen LogP contribution in [0.2, 0.25) is 0 Å². The summed E-state index contributed by atoms with van der Waals surface area (Å²) in [4.78, 5) is 17.1. The van der Waals surface area contributed by atoms with Gasteiger partial charge in [0.2, 0.25) is 0 Å². The number of likely N-dealkylation sites (tertiary alicyclic amines) is 2. The molecule has 6 nitrogen and oxygen atoms in total. The maximum absolute atomic E-state index is 12.6. The Hall–Kier alpha value is -2.34. The zero-order chi connectivity index (χ0) is 18.9. The van der Waals surface area contributed by atoms with Crippen LogP contribution in [0.25, 0.3) is 0 Å². The van der Waals surface area contributed by atoms with E-state index in [-0.39, 0.29) is 6.03 Å². The highest BCUT2D eigenvalue weighted by molar-refractivity contribution is 5.88. The van der Waals surface area contributed by atoms with Gasteiger partial charge < -0.3 is 4.90 Å². The molecular weight excluding hydrogens is 338 g/mol. The average molecular weight is 367 g/mol. The fourth-order valence-electron chi connectivity index (χ4n) is 4.51. The minimum Gasteiger partial charge on any atom is -0.324 e. The molecule has 2 fully saturated rings. The van der Waals surface area contributed by atoms with E-state index in [9.17, 15) is 4.79 Å². The van der Waals surface area contributed by atoms with Crippen LogP contribution in [0.4, 0.5) is 10.6 Å². The lowest BCUT2D eigenvalue weighted by molar-refractivity contribution is 0.124. The van der Waals surface area contributed by atoms with Gasteiger partial charge in [-0.25, -0.2) is 4.79 Å². The van der Waals surface area contributed by atoms with Crippen LogP contribution in [0.5, 0.6) is 0 Å². The van der Waals surface area contributed by atoms with Crippen molar-refractivity contribution >= 4 is 11.8 Å². The zero-order valence-electron chi connectivity index (χ0n) is 16.3. The van der Waals surface area contributed by atoms with Crippen LogP contribution in [0.3, 0.4) is 0 Å². The maximum atomic E-state index is 12.6. The zero-order valence-corrected chi connectivity index (χ0v) is 16.3. The van der Waals surface area contributed by atoms with E-state index in [2.05, 4.69) is 45.6 Å². The minimum absolute atomic E-state index is 0.00742. The summed E-state index contributed by atoms with van der Waals surface area (Å²) in [5.74, 6) is 0.757. The average Bonchev–Trinajstić information content (AvgIpc) is 3.19. The molecule has 0 unspecified atom stereocenters. The number of anilines is 1. The van der Waals surface area contributed by atoms with Gasteiger partial charge in [-0.05, 0) is 43.7 Å². The van der Waals surface area contributed by atoms with Crippen LogP contribution in [-0.4, -0.2) is 51.8 Å². The number of carbonyl (C=O) groups excluding carboxylic acids is 1. The molecule has 1 spiro atoms. The molecule has 2 amide bonds. The molecular formula is C21H29N5O. The first-order valence-corrected chi connectivity index (χ1v) is 9.86. The third-order valence-electron chi connectivity index (χ3n) is 6.11. The van der Waals surface area contributed by atoms with Gasteiger partial charge in [-0.1, -0.05) is 30.3 Å². The van der Waals surface area contributed by atoms with Gasteiger partial charge >= 0.3 is 6.03 Å². The SMILES string of the molecule is Cc1cc(NC(=O)N2CCC3(CCN(Cc4ccccc4)C3)CC2)n(C)n1. The Balaban J connectivity index is 1.30. The lowest BCUT2D eigenvalue weighted by atomic mass is 9.78. The molecule has 0 radical (unpaired) electrons. The van der Waals surface area contributed by atoms with Gasteiger partial charge in [0, 0.05) is 39.3 Å². The van der Waals surface area contributed by atoms with Gasteiger partial charge in [0.1, 0.15) is 5.82 Å². The standard InChI is InChI=1S/C21H29N5O/c1-17-14-19(24(2)23-17)22-20(27)26-12-9-21(10-13-26)8-11-25(16-21)15-18-6-4-3-5-7-18/h3-7,14H,8-13,15-16H2,1-2H3,(H,22,27). The van der Waals surface area contributed by atoms with Crippen LogP contribution in [0.15, 0.2) is 36.4 Å². The van der Waals surface area contributed by atoms with E-state index in [1.807, 2.05) is 24.9 Å². The number of aromatic nitrogens is 2. The van der Waals surface area contributed by atoms with Crippen molar-refractivity contribution in [1.82, 2.24) is 19.6 Å². The van der Waals surface area contributed by atoms with E-state index in [4.69, 9.17) is 0 Å². The summed E-state index contributed by atoms with van der Waals surface area (Å²) in [6, 6.07) is 12.6. The molecule has 1 N–H and O–H groups in total. The second-order valence-electron chi connectivity index (χ2n) is 8.16.